The molecule has 0 aliphatic carbocycles. The Labute approximate surface area is 410 Å². The molecule has 2 fully saturated rings. The molecule has 8 heterocycles. The summed E-state index contributed by atoms with van der Waals surface area (Å²) in [7, 11) is 9.47. The molecule has 0 radical (unpaired) electrons. The van der Waals surface area contributed by atoms with Crippen LogP contribution in [0.2, 0.25) is 5.28 Å². The topological polar surface area (TPSA) is 222 Å². The Hall–Kier alpha value is -6.69. The van der Waals surface area contributed by atoms with Crippen LogP contribution in [0.4, 0.5) is 29.2 Å². The molecule has 2 aromatic carbocycles. The highest BCUT2D eigenvalue weighted by molar-refractivity contribution is 7.18. The lowest BCUT2D eigenvalue weighted by Crippen LogP contribution is -2.33. The Morgan fingerprint density at radius 1 is 0.667 bits per heavy atom. The summed E-state index contributed by atoms with van der Waals surface area (Å²) in [6.45, 7) is 2.31. The molecule has 69 heavy (non-hydrogen) atoms. The Morgan fingerprint density at radius 3 is 1.64 bits per heavy atom. The lowest BCUT2D eigenvalue weighted by molar-refractivity contribution is 0.255. The first kappa shape index (κ1) is 48.8. The quantitative estimate of drug-likeness (QED) is 0.0623. The molecule has 0 bridgehead atoms. The number of fused-ring (bicyclic) bond motifs is 2. The van der Waals surface area contributed by atoms with E-state index < -0.39 is 0 Å². The molecule has 6 aromatic heterocycles. The zero-order valence-corrected chi connectivity index (χ0v) is 41.2. The number of imidazole rings is 2. The molecule has 2 atom stereocenters. The lowest BCUT2D eigenvalue weighted by atomic mass is 10.2. The fourth-order valence-electron chi connectivity index (χ4n) is 7.92. The number of nitrogens with one attached hydrogen (secondary N) is 3. The molecule has 2 aliphatic rings. The van der Waals surface area contributed by atoms with E-state index in [-0.39, 0.29) is 17.9 Å². The van der Waals surface area contributed by atoms with Gasteiger partial charge >= 0.3 is 0 Å². The number of hydrogen-bond donors (Lipinski definition) is 5. The predicted molar refractivity (Wildman–Crippen MR) is 268 cm³/mol. The number of aromatic nitrogens is 8. The summed E-state index contributed by atoms with van der Waals surface area (Å²) in [5.74, 6) is 6.46. The number of ether oxygens (including phenoxy) is 6. The number of anilines is 5. The monoisotopic (exact) mass is 1000 g/mol. The summed E-state index contributed by atoms with van der Waals surface area (Å²) in [6.07, 6.45) is 11.4. The van der Waals surface area contributed by atoms with Crippen molar-refractivity contribution < 1.29 is 38.6 Å². The van der Waals surface area contributed by atoms with E-state index in [9.17, 15) is 5.11 Å². The van der Waals surface area contributed by atoms with Crippen molar-refractivity contribution in [1.82, 2.24) is 44.4 Å². The van der Waals surface area contributed by atoms with E-state index in [2.05, 4.69) is 40.8 Å². The minimum atomic E-state index is 0.0446. The van der Waals surface area contributed by atoms with Crippen LogP contribution < -0.4 is 49.3 Å². The highest BCUT2D eigenvalue weighted by atomic mass is 35.5. The average Bonchev–Trinajstić information content (AvgIpc) is 4.24. The van der Waals surface area contributed by atoms with E-state index in [1.807, 2.05) is 68.7 Å². The van der Waals surface area contributed by atoms with Crippen LogP contribution in [0.15, 0.2) is 72.2 Å². The highest BCUT2D eigenvalue weighted by Gasteiger charge is 2.27. The van der Waals surface area contributed by atoms with Crippen LogP contribution in [0.3, 0.4) is 0 Å². The largest absolute Gasteiger partial charge is 0.493 e. The van der Waals surface area contributed by atoms with Gasteiger partial charge in [-0.05, 0) is 66.7 Å². The SMILES string of the molecule is COc1cc(-n2cnc(Nc3nc(Cl)nc4ccsc34)c2)cc(OC)c1OC.COc1cc(-n2cnc(Nc3nc(N4CCC[C@@H]4CO)nc4ccsc34)c2)cc(OC)c1OC.OC[C@H]1CCCN1. The summed E-state index contributed by atoms with van der Waals surface area (Å²) >= 11 is 9.12. The van der Waals surface area contributed by atoms with Crippen molar-refractivity contribution >= 4 is 83.9 Å². The third-order valence-corrected chi connectivity index (χ3v) is 13.3. The standard InChI is InChI=1S/C23H26N6O4S.C18H16ClN5O3S.C5H11NO/c1-31-17-9-15(10-18(32-2)20(17)33-3)28-11-19(24-13-28)26-22-21-16(6-8-34-21)25-23(27-22)29-7-4-5-14(29)12-30;1-25-12-6-10(7-13(26-2)15(12)27-3)24-8-14(20-9-24)22-17-16-11(4-5-28-16)21-18(19)23-17;7-4-5-2-1-3-6-5/h6,8-11,13-14,30H,4-5,7,12H2,1-3H3,(H,25,26,27);4-9H,1-3H3,(H,21,22,23);5-7H,1-4H2/t14-;;5-/m1.1/s1. The first-order valence-electron chi connectivity index (χ1n) is 21.8. The maximum absolute atomic E-state index is 9.74. The molecule has 0 spiro atoms. The van der Waals surface area contributed by atoms with Gasteiger partial charge in [0.1, 0.15) is 24.3 Å². The number of rotatable bonds is 15. The van der Waals surface area contributed by atoms with E-state index in [0.717, 1.165) is 64.2 Å². The Morgan fingerprint density at radius 2 is 1.19 bits per heavy atom. The number of halogens is 1. The summed E-state index contributed by atoms with van der Waals surface area (Å²) in [5, 5.41) is 32.1. The predicted octanol–water partition coefficient (Wildman–Crippen LogP) is 7.64. The second-order valence-electron chi connectivity index (χ2n) is 15.5. The second kappa shape index (κ2) is 22.6. The zero-order valence-electron chi connectivity index (χ0n) is 38.8. The molecule has 0 unspecified atom stereocenters. The Bertz CT molecular complexity index is 2930. The van der Waals surface area contributed by atoms with Crippen molar-refractivity contribution in [3.8, 4) is 45.9 Å². The van der Waals surface area contributed by atoms with Gasteiger partial charge in [0.25, 0.3) is 0 Å². The number of nitrogens with zero attached hydrogens (tertiary/aromatic N) is 9. The first-order valence-corrected chi connectivity index (χ1v) is 23.9. The van der Waals surface area contributed by atoms with Gasteiger partial charge in [-0.1, -0.05) is 0 Å². The lowest BCUT2D eigenvalue weighted by Gasteiger charge is -2.23. The van der Waals surface area contributed by atoms with Gasteiger partial charge < -0.3 is 68.6 Å². The van der Waals surface area contributed by atoms with Crippen LogP contribution in [-0.2, 0) is 0 Å². The minimum Gasteiger partial charge on any atom is -0.493 e. The van der Waals surface area contributed by atoms with Crippen LogP contribution in [0.5, 0.6) is 34.5 Å². The fraction of sp³-hybridized carbons (Fsp3) is 0.348. The minimum absolute atomic E-state index is 0.0446. The van der Waals surface area contributed by atoms with E-state index in [4.69, 9.17) is 55.1 Å². The molecule has 0 amide bonds. The second-order valence-corrected chi connectivity index (χ2v) is 17.7. The molecule has 0 saturated carbocycles. The molecular formula is C46H53ClN12O8S2. The summed E-state index contributed by atoms with van der Waals surface area (Å²) < 4.78 is 38.1. The zero-order chi connectivity index (χ0) is 48.4. The van der Waals surface area contributed by atoms with Gasteiger partial charge in [0.15, 0.2) is 34.6 Å². The highest BCUT2D eigenvalue weighted by Crippen LogP contribution is 2.41. The van der Waals surface area contributed by atoms with Crippen molar-refractivity contribution in [1.29, 1.82) is 0 Å². The summed E-state index contributed by atoms with van der Waals surface area (Å²) in [5.41, 5.74) is 3.27. The molecular weight excluding hydrogens is 948 g/mol. The van der Waals surface area contributed by atoms with E-state index in [1.165, 1.54) is 17.8 Å². The van der Waals surface area contributed by atoms with Crippen LogP contribution in [-0.4, -0.2) is 130 Å². The Balaban J connectivity index is 0.000000165. The van der Waals surface area contributed by atoms with Crippen LogP contribution in [0, 0.1) is 0 Å². The van der Waals surface area contributed by atoms with Crippen LogP contribution in [0.1, 0.15) is 25.7 Å². The molecule has 23 heteroatoms. The number of hydrogen-bond acceptors (Lipinski definition) is 20. The van der Waals surface area contributed by atoms with Gasteiger partial charge in [-0.2, -0.15) is 9.97 Å². The van der Waals surface area contributed by atoms with Gasteiger partial charge in [-0.15, -0.1) is 22.7 Å². The third-order valence-electron chi connectivity index (χ3n) is 11.3. The third kappa shape index (κ3) is 11.0. The van der Waals surface area contributed by atoms with E-state index in [0.29, 0.717) is 76.4 Å². The van der Waals surface area contributed by atoms with Crippen LogP contribution in [0.25, 0.3) is 31.8 Å². The number of methoxy groups -OCH3 is 6. The number of benzene rings is 2. The molecule has 20 nitrogen and oxygen atoms in total. The van der Waals surface area contributed by atoms with Crippen molar-refractivity contribution in [2.45, 2.75) is 37.8 Å². The van der Waals surface area contributed by atoms with Gasteiger partial charge in [-0.25, -0.2) is 19.9 Å². The summed E-state index contributed by atoms with van der Waals surface area (Å²) in [4.78, 5) is 29.0. The Kier molecular flexibility index (Phi) is 16.0. The van der Waals surface area contributed by atoms with Gasteiger partial charge in [0.05, 0.1) is 106 Å². The molecule has 5 N–H and O–H groups in total. The maximum Gasteiger partial charge on any atom is 0.228 e. The average molecular weight is 1000 g/mol. The normalized spacial score (nSPS) is 15.3. The molecule has 10 rings (SSSR count). The number of aliphatic hydroxyl groups excluding tert-OH is 2. The molecule has 8 aromatic rings. The fourth-order valence-corrected chi connectivity index (χ4v) is 9.65. The first-order chi connectivity index (χ1) is 33.7. The number of thiophene rings is 2. The van der Waals surface area contributed by atoms with Gasteiger partial charge in [-0.3, -0.25) is 0 Å². The van der Waals surface area contributed by atoms with Crippen molar-refractivity contribution in [3.63, 3.8) is 0 Å². The summed E-state index contributed by atoms with van der Waals surface area (Å²) in [6, 6.07) is 11.7. The smallest absolute Gasteiger partial charge is 0.228 e. The number of aliphatic hydroxyl groups is 2. The van der Waals surface area contributed by atoms with Gasteiger partial charge in [0, 0.05) is 36.9 Å². The van der Waals surface area contributed by atoms with Crippen molar-refractivity contribution in [3.05, 3.63) is 77.5 Å². The molecule has 2 saturated heterocycles. The molecule has 364 valence electrons. The van der Waals surface area contributed by atoms with E-state index in [1.54, 1.807) is 66.7 Å². The van der Waals surface area contributed by atoms with Crippen LogP contribution >= 0.6 is 34.3 Å². The van der Waals surface area contributed by atoms with Crippen molar-refractivity contribution in [2.75, 3.05) is 84.5 Å². The maximum atomic E-state index is 9.74. The van der Waals surface area contributed by atoms with Crippen molar-refractivity contribution in [2.24, 2.45) is 0 Å². The molecule has 2 aliphatic heterocycles. The van der Waals surface area contributed by atoms with Gasteiger partial charge in [0.2, 0.25) is 22.7 Å². The van der Waals surface area contributed by atoms with E-state index >= 15 is 0 Å².